The average molecular weight is 329 g/mol. The van der Waals surface area contributed by atoms with Crippen LogP contribution in [0, 0.1) is 0 Å². The van der Waals surface area contributed by atoms with Gasteiger partial charge in [-0.05, 0) is 6.42 Å². The van der Waals surface area contributed by atoms with Crippen LogP contribution in [0.4, 0.5) is 0 Å². The summed E-state index contributed by atoms with van der Waals surface area (Å²) in [5.41, 5.74) is 5.10. The molecule has 0 aromatic carbocycles. The van der Waals surface area contributed by atoms with Gasteiger partial charge in [0.2, 0.25) is 0 Å². The Labute approximate surface area is 123 Å². The number of rotatable bonds is 13. The Balaban J connectivity index is 3.80. The molecule has 0 rings (SSSR count). The smallest absolute Gasteiger partial charge is 0.472 e. The van der Waals surface area contributed by atoms with Gasteiger partial charge in [0.05, 0.1) is 19.8 Å². The number of phosphoric acid groups is 1. The zero-order valence-electron chi connectivity index (χ0n) is 12.0. The SMILES string of the molecule is CCCCCOCC(O)COP(=O)(O)OCC(N)C(=O)O. The number of hydrogen-bond acceptors (Lipinski definition) is 7. The van der Waals surface area contributed by atoms with Crippen molar-refractivity contribution in [1.29, 1.82) is 0 Å². The van der Waals surface area contributed by atoms with Gasteiger partial charge in [-0.15, -0.1) is 0 Å². The predicted octanol–water partition coefficient (Wildman–Crippen LogP) is 0.0996. The summed E-state index contributed by atoms with van der Waals surface area (Å²) in [4.78, 5) is 19.6. The zero-order chi connectivity index (χ0) is 16.3. The van der Waals surface area contributed by atoms with Crippen molar-refractivity contribution in [3.8, 4) is 0 Å². The van der Waals surface area contributed by atoms with E-state index in [2.05, 4.69) is 16.0 Å². The first-order valence-corrected chi connectivity index (χ1v) is 8.14. The summed E-state index contributed by atoms with van der Waals surface area (Å²) in [6, 6.07) is -1.43. The lowest BCUT2D eigenvalue weighted by Gasteiger charge is -2.16. The molecule has 21 heavy (non-hydrogen) atoms. The van der Waals surface area contributed by atoms with Gasteiger partial charge in [-0.2, -0.15) is 0 Å². The van der Waals surface area contributed by atoms with Crippen LogP contribution in [0.1, 0.15) is 26.2 Å². The lowest BCUT2D eigenvalue weighted by Crippen LogP contribution is -2.34. The standard InChI is InChI=1S/C11H24NO8P/c1-2-3-4-5-18-6-9(13)7-19-21(16,17)20-8-10(12)11(14)15/h9-10,13H,2-8,12H2,1H3,(H,14,15)(H,16,17). The number of hydrogen-bond donors (Lipinski definition) is 4. The predicted molar refractivity (Wildman–Crippen MR) is 73.7 cm³/mol. The van der Waals surface area contributed by atoms with E-state index >= 15 is 0 Å². The number of unbranched alkanes of at least 4 members (excludes halogenated alkanes) is 2. The highest BCUT2D eigenvalue weighted by Crippen LogP contribution is 2.43. The Morgan fingerprint density at radius 1 is 1.24 bits per heavy atom. The van der Waals surface area contributed by atoms with Crippen LogP contribution in [0.2, 0.25) is 0 Å². The normalized spacial score (nSPS) is 17.1. The van der Waals surface area contributed by atoms with E-state index in [4.69, 9.17) is 15.6 Å². The Kier molecular flexibility index (Phi) is 10.8. The lowest BCUT2D eigenvalue weighted by atomic mass is 10.3. The minimum absolute atomic E-state index is 0.0294. The molecular weight excluding hydrogens is 305 g/mol. The highest BCUT2D eigenvalue weighted by Gasteiger charge is 2.25. The number of aliphatic hydroxyl groups excluding tert-OH is 1. The van der Waals surface area contributed by atoms with Crippen LogP contribution in [-0.4, -0.2) is 59.6 Å². The molecule has 0 saturated carbocycles. The first-order chi connectivity index (χ1) is 9.78. The molecule has 0 radical (unpaired) electrons. The molecule has 0 aliphatic rings. The Morgan fingerprint density at radius 3 is 2.43 bits per heavy atom. The van der Waals surface area contributed by atoms with Crippen LogP contribution in [0.5, 0.6) is 0 Å². The first kappa shape index (κ1) is 20.5. The monoisotopic (exact) mass is 329 g/mol. The van der Waals surface area contributed by atoms with E-state index in [0.717, 1.165) is 19.3 Å². The van der Waals surface area contributed by atoms with Crippen LogP contribution in [0.25, 0.3) is 0 Å². The topological polar surface area (TPSA) is 149 Å². The second-order valence-electron chi connectivity index (χ2n) is 4.44. The van der Waals surface area contributed by atoms with Crippen LogP contribution in [0.3, 0.4) is 0 Å². The van der Waals surface area contributed by atoms with Crippen molar-refractivity contribution in [2.45, 2.75) is 38.3 Å². The molecule has 5 N–H and O–H groups in total. The first-order valence-electron chi connectivity index (χ1n) is 6.64. The van der Waals surface area contributed by atoms with Gasteiger partial charge in [-0.3, -0.25) is 13.8 Å². The molecule has 0 heterocycles. The highest BCUT2D eigenvalue weighted by atomic mass is 31.2. The maximum Gasteiger partial charge on any atom is 0.472 e. The van der Waals surface area contributed by atoms with E-state index in [9.17, 15) is 19.4 Å². The molecule has 0 saturated heterocycles. The van der Waals surface area contributed by atoms with E-state index in [1.165, 1.54) is 0 Å². The van der Waals surface area contributed by atoms with Gasteiger partial charge in [0.15, 0.2) is 0 Å². The Morgan fingerprint density at radius 2 is 1.86 bits per heavy atom. The third-order valence-electron chi connectivity index (χ3n) is 2.37. The van der Waals surface area contributed by atoms with E-state index in [0.29, 0.717) is 6.61 Å². The fourth-order valence-electron chi connectivity index (χ4n) is 1.18. The quantitative estimate of drug-likeness (QED) is 0.272. The fraction of sp³-hybridized carbons (Fsp3) is 0.909. The highest BCUT2D eigenvalue weighted by molar-refractivity contribution is 7.47. The Bertz CT molecular complexity index is 340. The molecule has 10 heteroatoms. The minimum Gasteiger partial charge on any atom is -0.480 e. The van der Waals surface area contributed by atoms with Gasteiger partial charge >= 0.3 is 13.8 Å². The van der Waals surface area contributed by atoms with Crippen molar-refractivity contribution in [1.82, 2.24) is 0 Å². The van der Waals surface area contributed by atoms with Crippen molar-refractivity contribution in [3.05, 3.63) is 0 Å². The number of phosphoric ester groups is 1. The van der Waals surface area contributed by atoms with Gasteiger partial charge in [0.1, 0.15) is 12.1 Å². The molecule has 9 nitrogen and oxygen atoms in total. The lowest BCUT2D eigenvalue weighted by molar-refractivity contribution is -0.139. The zero-order valence-corrected chi connectivity index (χ0v) is 12.9. The van der Waals surface area contributed by atoms with Crippen molar-refractivity contribution < 1.29 is 38.3 Å². The number of carbonyl (C=O) groups is 1. The van der Waals surface area contributed by atoms with Crippen LogP contribution in [0.15, 0.2) is 0 Å². The summed E-state index contributed by atoms with van der Waals surface area (Å²) < 4.78 is 25.4. The fourth-order valence-corrected chi connectivity index (χ4v) is 1.97. The van der Waals surface area contributed by atoms with Crippen LogP contribution >= 0.6 is 7.82 Å². The third-order valence-corrected chi connectivity index (χ3v) is 3.32. The molecule has 0 aliphatic carbocycles. The molecule has 0 aromatic rings. The maximum atomic E-state index is 11.4. The summed E-state index contributed by atoms with van der Waals surface area (Å²) in [5, 5.41) is 18.0. The van der Waals surface area contributed by atoms with Crippen LogP contribution in [-0.2, 0) is 23.1 Å². The largest absolute Gasteiger partial charge is 0.480 e. The van der Waals surface area contributed by atoms with Gasteiger partial charge in [0.25, 0.3) is 0 Å². The molecular formula is C11H24NO8P. The number of carboxylic acid groups (broad SMARTS) is 1. The van der Waals surface area contributed by atoms with Gasteiger partial charge in [0, 0.05) is 6.61 Å². The summed E-state index contributed by atoms with van der Waals surface area (Å²) in [6.07, 6.45) is 1.87. The summed E-state index contributed by atoms with van der Waals surface area (Å²) in [7, 11) is -4.45. The van der Waals surface area contributed by atoms with Gasteiger partial charge in [-0.1, -0.05) is 19.8 Å². The molecule has 3 atom stereocenters. The van der Waals surface area contributed by atoms with E-state index in [1.54, 1.807) is 0 Å². The number of ether oxygens (including phenoxy) is 1. The van der Waals surface area contributed by atoms with Crippen molar-refractivity contribution in [2.24, 2.45) is 5.73 Å². The molecule has 0 amide bonds. The van der Waals surface area contributed by atoms with Crippen molar-refractivity contribution >= 4 is 13.8 Å². The number of aliphatic hydroxyl groups is 1. The van der Waals surface area contributed by atoms with E-state index < -0.39 is 39.2 Å². The second-order valence-corrected chi connectivity index (χ2v) is 5.89. The molecule has 0 fully saturated rings. The van der Waals surface area contributed by atoms with Gasteiger partial charge in [-0.25, -0.2) is 4.57 Å². The third kappa shape index (κ3) is 11.8. The molecule has 0 bridgehead atoms. The van der Waals surface area contributed by atoms with E-state index in [-0.39, 0.29) is 6.61 Å². The summed E-state index contributed by atoms with van der Waals surface area (Å²) >= 11 is 0. The van der Waals surface area contributed by atoms with Crippen LogP contribution < -0.4 is 5.73 Å². The van der Waals surface area contributed by atoms with Gasteiger partial charge < -0.3 is 25.6 Å². The number of carboxylic acids is 1. The minimum atomic E-state index is -4.45. The summed E-state index contributed by atoms with van der Waals surface area (Å²) in [6.45, 7) is 1.37. The van der Waals surface area contributed by atoms with E-state index in [1.807, 2.05) is 0 Å². The maximum absolute atomic E-state index is 11.4. The number of aliphatic carboxylic acids is 1. The van der Waals surface area contributed by atoms with Crippen molar-refractivity contribution in [3.63, 3.8) is 0 Å². The van der Waals surface area contributed by atoms with Crippen molar-refractivity contribution in [2.75, 3.05) is 26.4 Å². The molecule has 3 unspecified atom stereocenters. The Hall–Kier alpha value is -0.540. The second kappa shape index (κ2) is 11.1. The molecule has 0 aliphatic heterocycles. The molecule has 0 aromatic heterocycles. The summed E-state index contributed by atoms with van der Waals surface area (Å²) in [5.74, 6) is -1.37. The number of nitrogens with two attached hydrogens (primary N) is 1. The molecule has 126 valence electrons. The molecule has 0 spiro atoms. The average Bonchev–Trinajstić information content (AvgIpc) is 2.42.